The molecule has 0 aliphatic rings. The van der Waals surface area contributed by atoms with Crippen LogP contribution in [0.15, 0.2) is 0 Å². The molecule has 0 saturated heterocycles. The van der Waals surface area contributed by atoms with Gasteiger partial charge in [-0.2, -0.15) is 0 Å². The number of hydrogen-bond acceptors (Lipinski definition) is 5. The molecular formula is C19H40O4SSi. The van der Waals surface area contributed by atoms with Crippen molar-refractivity contribution in [2.45, 2.75) is 90.0 Å². The van der Waals surface area contributed by atoms with E-state index in [0.717, 1.165) is 6.42 Å². The summed E-state index contributed by atoms with van der Waals surface area (Å²) in [7, 11) is 2.30. The van der Waals surface area contributed by atoms with E-state index in [-0.39, 0.29) is 5.12 Å². The SMILES string of the molecule is CCCCCCCCCCCCCC(=O)SCC[Si](OC)(OC)OC. The van der Waals surface area contributed by atoms with Gasteiger partial charge in [0.1, 0.15) is 0 Å². The molecule has 6 heteroatoms. The first-order valence-electron chi connectivity index (χ1n) is 9.95. The molecule has 0 aromatic carbocycles. The highest BCUT2D eigenvalue weighted by molar-refractivity contribution is 8.13. The molecule has 150 valence electrons. The first-order valence-corrected chi connectivity index (χ1v) is 12.9. The predicted octanol–water partition coefficient (Wildman–Crippen LogP) is 5.83. The Balaban J connectivity index is 3.44. The van der Waals surface area contributed by atoms with Crippen LogP contribution in [0.4, 0.5) is 0 Å². The van der Waals surface area contributed by atoms with Gasteiger partial charge in [0.15, 0.2) is 5.12 Å². The largest absolute Gasteiger partial charge is 0.500 e. The van der Waals surface area contributed by atoms with Crippen LogP contribution in [-0.2, 0) is 18.1 Å². The first kappa shape index (κ1) is 25.1. The molecule has 25 heavy (non-hydrogen) atoms. The maximum absolute atomic E-state index is 11.9. The molecule has 0 aliphatic carbocycles. The Morgan fingerprint density at radius 2 is 1.20 bits per heavy atom. The fourth-order valence-electron chi connectivity index (χ4n) is 2.85. The van der Waals surface area contributed by atoms with Crippen LogP contribution in [0, 0.1) is 0 Å². The van der Waals surface area contributed by atoms with E-state index >= 15 is 0 Å². The average Bonchev–Trinajstić information content (AvgIpc) is 2.63. The lowest BCUT2D eigenvalue weighted by atomic mass is 10.1. The highest BCUT2D eigenvalue weighted by Gasteiger charge is 2.37. The number of unbranched alkanes of at least 4 members (excludes halogenated alkanes) is 10. The molecule has 0 bridgehead atoms. The number of thioether (sulfide) groups is 1. The lowest BCUT2D eigenvalue weighted by Crippen LogP contribution is -2.43. The van der Waals surface area contributed by atoms with Gasteiger partial charge in [-0.25, -0.2) is 0 Å². The van der Waals surface area contributed by atoms with Crippen molar-refractivity contribution in [2.24, 2.45) is 0 Å². The Morgan fingerprint density at radius 1 is 0.760 bits per heavy atom. The van der Waals surface area contributed by atoms with E-state index in [1.807, 2.05) is 0 Å². The van der Waals surface area contributed by atoms with Crippen LogP contribution in [0.3, 0.4) is 0 Å². The second kappa shape index (κ2) is 17.5. The molecular weight excluding hydrogens is 352 g/mol. The van der Waals surface area contributed by atoms with Gasteiger partial charge in [0.05, 0.1) is 0 Å². The summed E-state index contributed by atoms with van der Waals surface area (Å²) in [6, 6.07) is 0.672. The van der Waals surface area contributed by atoms with Crippen molar-refractivity contribution in [2.75, 3.05) is 27.1 Å². The van der Waals surface area contributed by atoms with E-state index in [1.54, 1.807) is 21.3 Å². The topological polar surface area (TPSA) is 44.8 Å². The van der Waals surface area contributed by atoms with Gasteiger partial charge in [-0.05, 0) is 6.42 Å². The molecule has 0 N–H and O–H groups in total. The summed E-state index contributed by atoms with van der Waals surface area (Å²) in [5.41, 5.74) is 0. The highest BCUT2D eigenvalue weighted by atomic mass is 32.2. The van der Waals surface area contributed by atoms with Gasteiger partial charge >= 0.3 is 8.80 Å². The summed E-state index contributed by atoms with van der Waals surface area (Å²) in [5, 5.41) is 0.280. The molecule has 0 atom stereocenters. The molecule has 0 rings (SSSR count). The zero-order chi connectivity index (χ0) is 18.8. The highest BCUT2D eigenvalue weighted by Crippen LogP contribution is 2.19. The molecule has 0 aromatic heterocycles. The normalized spacial score (nSPS) is 11.8. The van der Waals surface area contributed by atoms with Gasteiger partial charge in [-0.15, -0.1) is 0 Å². The molecule has 0 radical (unpaired) electrons. The third-order valence-electron chi connectivity index (χ3n) is 4.59. The second-order valence-electron chi connectivity index (χ2n) is 6.55. The smallest absolute Gasteiger partial charge is 0.377 e. The van der Waals surface area contributed by atoms with Crippen molar-refractivity contribution in [1.29, 1.82) is 0 Å². The van der Waals surface area contributed by atoms with Crippen molar-refractivity contribution in [3.8, 4) is 0 Å². The van der Waals surface area contributed by atoms with Crippen molar-refractivity contribution < 1.29 is 18.1 Å². The minimum atomic E-state index is -2.53. The van der Waals surface area contributed by atoms with Gasteiger partial charge in [-0.3, -0.25) is 4.79 Å². The van der Waals surface area contributed by atoms with Crippen LogP contribution in [0.2, 0.25) is 6.04 Å². The average molecular weight is 393 g/mol. The van der Waals surface area contributed by atoms with E-state index in [0.29, 0.717) is 18.2 Å². The Labute approximate surface area is 161 Å². The van der Waals surface area contributed by atoms with Crippen molar-refractivity contribution in [1.82, 2.24) is 0 Å². The van der Waals surface area contributed by atoms with Crippen LogP contribution >= 0.6 is 11.8 Å². The molecule has 0 aromatic rings. The number of carbonyl (C=O) groups is 1. The lowest BCUT2D eigenvalue weighted by molar-refractivity contribution is -0.111. The molecule has 4 nitrogen and oxygen atoms in total. The maximum Gasteiger partial charge on any atom is 0.500 e. The number of carbonyl (C=O) groups excluding carboxylic acids is 1. The molecule has 0 saturated carbocycles. The summed E-state index contributed by atoms with van der Waals surface area (Å²) in [5.74, 6) is 0.707. The van der Waals surface area contributed by atoms with E-state index in [1.165, 1.54) is 76.0 Å². The second-order valence-corrected chi connectivity index (χ2v) is 10.8. The molecule has 0 fully saturated rings. The molecule has 0 spiro atoms. The predicted molar refractivity (Wildman–Crippen MR) is 110 cm³/mol. The summed E-state index contributed by atoms with van der Waals surface area (Å²) >= 11 is 1.39. The molecule has 0 heterocycles. The number of hydrogen-bond donors (Lipinski definition) is 0. The van der Waals surface area contributed by atoms with E-state index < -0.39 is 8.80 Å². The Kier molecular flexibility index (Phi) is 17.6. The van der Waals surface area contributed by atoms with Crippen LogP contribution in [0.25, 0.3) is 0 Å². The van der Waals surface area contributed by atoms with Gasteiger partial charge < -0.3 is 13.3 Å². The summed E-state index contributed by atoms with van der Waals surface area (Å²) in [6.07, 6.45) is 15.1. The fourth-order valence-corrected chi connectivity index (χ4v) is 5.89. The van der Waals surface area contributed by atoms with Gasteiger partial charge in [0.25, 0.3) is 0 Å². The Morgan fingerprint density at radius 3 is 1.64 bits per heavy atom. The van der Waals surface area contributed by atoms with Gasteiger partial charge in [0, 0.05) is 39.5 Å². The van der Waals surface area contributed by atoms with Crippen molar-refractivity contribution in [3.63, 3.8) is 0 Å². The van der Waals surface area contributed by atoms with Crippen LogP contribution in [0.1, 0.15) is 84.0 Å². The zero-order valence-electron chi connectivity index (χ0n) is 16.9. The van der Waals surface area contributed by atoms with Gasteiger partial charge in [-0.1, -0.05) is 82.9 Å². The van der Waals surface area contributed by atoms with E-state index in [4.69, 9.17) is 13.3 Å². The summed E-state index contributed by atoms with van der Waals surface area (Å²) < 4.78 is 16.1. The molecule has 0 aliphatic heterocycles. The first-order chi connectivity index (χ1) is 12.1. The van der Waals surface area contributed by atoms with Crippen LogP contribution in [-0.4, -0.2) is 41.0 Å². The summed E-state index contributed by atoms with van der Waals surface area (Å²) in [4.78, 5) is 11.9. The van der Waals surface area contributed by atoms with Crippen LogP contribution < -0.4 is 0 Å². The van der Waals surface area contributed by atoms with Crippen molar-refractivity contribution >= 4 is 25.7 Å². The third-order valence-corrected chi connectivity index (χ3v) is 8.61. The molecule has 0 amide bonds. The fraction of sp³-hybridized carbons (Fsp3) is 0.947. The minimum Gasteiger partial charge on any atom is -0.377 e. The quantitative estimate of drug-likeness (QED) is 0.217. The Bertz CT molecular complexity index is 304. The minimum absolute atomic E-state index is 0.280. The lowest BCUT2D eigenvalue weighted by Gasteiger charge is -2.23. The third kappa shape index (κ3) is 13.9. The zero-order valence-corrected chi connectivity index (χ0v) is 18.8. The monoisotopic (exact) mass is 392 g/mol. The summed E-state index contributed by atoms with van der Waals surface area (Å²) in [6.45, 7) is 2.26. The van der Waals surface area contributed by atoms with Gasteiger partial charge in [0.2, 0.25) is 0 Å². The van der Waals surface area contributed by atoms with Crippen LogP contribution in [0.5, 0.6) is 0 Å². The number of rotatable bonds is 18. The Hall–Kier alpha value is 0.117. The maximum atomic E-state index is 11.9. The van der Waals surface area contributed by atoms with E-state index in [2.05, 4.69) is 6.92 Å². The molecule has 0 unspecified atom stereocenters. The standard InChI is InChI=1S/C19H40O4SSi/c1-5-6-7-8-9-10-11-12-13-14-15-16-19(20)24-17-18-25(21-2,22-3)23-4/h5-18H2,1-4H3. The van der Waals surface area contributed by atoms with Crippen molar-refractivity contribution in [3.05, 3.63) is 0 Å². The van der Waals surface area contributed by atoms with E-state index in [9.17, 15) is 4.79 Å².